The van der Waals surface area contributed by atoms with Crippen molar-refractivity contribution in [1.82, 2.24) is 9.88 Å². The van der Waals surface area contributed by atoms with Crippen LogP contribution in [0.2, 0.25) is 0 Å². The molecular formula is C38H34F2N4O6. The van der Waals surface area contributed by atoms with Gasteiger partial charge in [-0.1, -0.05) is 42.5 Å². The summed E-state index contributed by atoms with van der Waals surface area (Å²) >= 11 is 0. The zero-order valence-electron chi connectivity index (χ0n) is 27.5. The van der Waals surface area contributed by atoms with Crippen molar-refractivity contribution in [2.45, 2.75) is 37.9 Å². The summed E-state index contributed by atoms with van der Waals surface area (Å²) in [5.74, 6) is -4.04. The number of aromatic nitrogens is 1. The average molecular weight is 681 g/mol. The minimum Gasteiger partial charge on any atom is -0.485 e. The van der Waals surface area contributed by atoms with Gasteiger partial charge in [-0.15, -0.1) is 0 Å². The molecule has 2 aliphatic carbocycles. The van der Waals surface area contributed by atoms with Crippen molar-refractivity contribution < 1.29 is 37.3 Å². The number of nitriles is 1. The number of methoxy groups -OCH3 is 1. The van der Waals surface area contributed by atoms with Crippen LogP contribution >= 0.6 is 0 Å². The maximum Gasteiger partial charge on any atom is 0.309 e. The van der Waals surface area contributed by atoms with Crippen LogP contribution in [0, 0.1) is 34.8 Å². The van der Waals surface area contributed by atoms with Gasteiger partial charge in [-0.3, -0.25) is 9.79 Å². The number of carbonyl (C=O) groups excluding carboxylic acids is 1. The molecule has 1 aromatic heterocycles. The highest BCUT2D eigenvalue weighted by atomic mass is 19.1. The van der Waals surface area contributed by atoms with Crippen LogP contribution in [-0.2, 0) is 16.1 Å². The first-order chi connectivity index (χ1) is 24.3. The smallest absolute Gasteiger partial charge is 0.309 e. The number of esters is 1. The number of likely N-dealkylation sites (N-methyl/N-ethyl adjacent to an activating group) is 1. The van der Waals surface area contributed by atoms with Gasteiger partial charge in [0.15, 0.2) is 11.5 Å². The van der Waals surface area contributed by atoms with Crippen LogP contribution in [0.5, 0.6) is 34.8 Å². The lowest BCUT2D eigenvalue weighted by Gasteiger charge is -2.30. The number of fused-ring (bicyclic) bond motifs is 2. The minimum absolute atomic E-state index is 0.0233. The van der Waals surface area contributed by atoms with E-state index in [0.29, 0.717) is 25.8 Å². The van der Waals surface area contributed by atoms with Crippen molar-refractivity contribution in [2.75, 3.05) is 27.2 Å². The summed E-state index contributed by atoms with van der Waals surface area (Å²) in [6.07, 6.45) is 1.82. The lowest BCUT2D eigenvalue weighted by Crippen LogP contribution is -2.35. The van der Waals surface area contributed by atoms with Crippen LogP contribution in [0.4, 0.5) is 8.78 Å². The molecule has 4 aromatic rings. The summed E-state index contributed by atoms with van der Waals surface area (Å²) in [6, 6.07) is 22.8. The van der Waals surface area contributed by atoms with Gasteiger partial charge < -0.3 is 28.6 Å². The number of ether oxygens (including phenoxy) is 5. The second-order valence-corrected chi connectivity index (χ2v) is 12.7. The van der Waals surface area contributed by atoms with Crippen molar-refractivity contribution in [3.05, 3.63) is 101 Å². The van der Waals surface area contributed by atoms with Gasteiger partial charge in [-0.25, -0.2) is 0 Å². The molecule has 2 saturated carbocycles. The fourth-order valence-electron chi connectivity index (χ4n) is 6.98. The summed E-state index contributed by atoms with van der Waals surface area (Å²) in [7, 11) is 3.25. The van der Waals surface area contributed by atoms with E-state index >= 15 is 8.78 Å². The lowest BCUT2D eigenvalue weighted by molar-refractivity contribution is -0.148. The van der Waals surface area contributed by atoms with Crippen LogP contribution < -0.4 is 18.9 Å². The van der Waals surface area contributed by atoms with Gasteiger partial charge in [0.25, 0.3) is 11.8 Å². The summed E-state index contributed by atoms with van der Waals surface area (Å²) in [6.45, 7) is 1.57. The molecule has 3 aromatic carbocycles. The number of benzene rings is 3. The molecule has 3 atom stereocenters. The monoisotopic (exact) mass is 680 g/mol. The second-order valence-electron chi connectivity index (χ2n) is 12.7. The Morgan fingerprint density at radius 2 is 1.80 bits per heavy atom. The Hall–Kier alpha value is -5.70. The first-order valence-corrected chi connectivity index (χ1v) is 16.3. The third-order valence-electron chi connectivity index (χ3n) is 9.45. The number of carbonyl (C=O) groups is 1. The molecule has 1 aliphatic heterocycles. The first-order valence-electron chi connectivity index (χ1n) is 16.3. The highest BCUT2D eigenvalue weighted by molar-refractivity contribution is 5.99. The number of hydrogen-bond donors (Lipinski definition) is 0. The Morgan fingerprint density at radius 3 is 2.54 bits per heavy atom. The maximum absolute atomic E-state index is 16.5. The Labute approximate surface area is 287 Å². The van der Waals surface area contributed by atoms with Gasteiger partial charge in [-0.2, -0.15) is 19.0 Å². The number of amidine groups is 1. The first kappa shape index (κ1) is 32.8. The molecular weight excluding hydrogens is 646 g/mol. The number of pyridine rings is 1. The Kier molecular flexibility index (Phi) is 8.97. The average Bonchev–Trinajstić information content (AvgIpc) is 3.87. The molecule has 7 rings (SSSR count). The summed E-state index contributed by atoms with van der Waals surface area (Å²) in [4.78, 5) is 23.2. The quantitative estimate of drug-likeness (QED) is 0.152. The SMILES string of the molecule is COC(=O)C1CC2(Oc3c(F)c(Oc4cccc(C5=NCCN5C)c4)nc(Oc4cc(C#N)ccc4OCc4ccccc4)c3F)CCC1C2. The number of hydrogen-bond acceptors (Lipinski definition) is 10. The highest BCUT2D eigenvalue weighted by Crippen LogP contribution is 2.55. The Balaban J connectivity index is 1.26. The van der Waals surface area contributed by atoms with Crippen molar-refractivity contribution in [3.8, 4) is 40.8 Å². The molecule has 0 radical (unpaired) electrons. The topological polar surface area (TPSA) is 116 Å². The van der Waals surface area contributed by atoms with Crippen LogP contribution in [0.15, 0.2) is 77.8 Å². The van der Waals surface area contributed by atoms with Crippen molar-refractivity contribution in [2.24, 2.45) is 16.8 Å². The molecule has 10 nitrogen and oxygen atoms in total. The number of aliphatic imine (C=N–C) groups is 1. The second kappa shape index (κ2) is 13.7. The number of halogens is 2. The molecule has 0 spiro atoms. The summed E-state index contributed by atoms with van der Waals surface area (Å²) < 4.78 is 62.1. The third kappa shape index (κ3) is 6.51. The molecule has 12 heteroatoms. The molecule has 2 bridgehead atoms. The zero-order chi connectivity index (χ0) is 34.8. The molecule has 2 heterocycles. The van der Waals surface area contributed by atoms with E-state index in [9.17, 15) is 10.1 Å². The van der Waals surface area contributed by atoms with E-state index in [0.717, 1.165) is 23.5 Å². The molecule has 0 amide bonds. The van der Waals surface area contributed by atoms with Crippen molar-refractivity contribution in [1.29, 1.82) is 5.26 Å². The molecule has 3 aliphatic rings. The molecule has 50 heavy (non-hydrogen) atoms. The lowest BCUT2D eigenvalue weighted by atomic mass is 9.87. The fraction of sp³-hybridized carbons (Fsp3) is 0.316. The maximum atomic E-state index is 16.5. The van der Waals surface area contributed by atoms with E-state index in [2.05, 4.69) is 9.98 Å². The predicted octanol–water partition coefficient (Wildman–Crippen LogP) is 7.20. The molecule has 2 fully saturated rings. The van der Waals surface area contributed by atoms with E-state index in [-0.39, 0.29) is 47.7 Å². The van der Waals surface area contributed by atoms with Crippen LogP contribution in [0.25, 0.3) is 0 Å². The fourth-order valence-corrected chi connectivity index (χ4v) is 6.98. The van der Waals surface area contributed by atoms with Crippen molar-refractivity contribution >= 4 is 11.8 Å². The van der Waals surface area contributed by atoms with E-state index in [1.165, 1.54) is 25.3 Å². The van der Waals surface area contributed by atoms with Gasteiger partial charge in [-0.05, 0) is 55.0 Å². The third-order valence-corrected chi connectivity index (χ3v) is 9.45. The highest BCUT2D eigenvalue weighted by Gasteiger charge is 2.56. The largest absolute Gasteiger partial charge is 0.485 e. The van der Waals surface area contributed by atoms with Crippen LogP contribution in [0.1, 0.15) is 42.4 Å². The molecule has 3 unspecified atom stereocenters. The van der Waals surface area contributed by atoms with Gasteiger partial charge in [0.1, 0.15) is 23.8 Å². The van der Waals surface area contributed by atoms with E-state index in [1.54, 1.807) is 18.2 Å². The van der Waals surface area contributed by atoms with E-state index < -0.39 is 40.7 Å². The van der Waals surface area contributed by atoms with Gasteiger partial charge in [0.05, 0.1) is 31.2 Å². The standard InChI is InChI=1S/C38H34F2N4O6/c1-44-16-15-42-34(44)25-9-6-10-27(18-25)48-35-31(39)33(50-38-14-13-26(19-38)28(20-38)37(45)46-2)32(40)36(43-35)49-30-17-24(21-41)11-12-29(30)47-22-23-7-4-3-5-8-23/h3-12,17-18,26,28H,13-16,19-20,22H2,1-2H3. The van der Waals surface area contributed by atoms with E-state index in [4.69, 9.17) is 23.7 Å². The molecule has 0 N–H and O–H groups in total. The molecule has 256 valence electrons. The normalized spacial score (nSPS) is 20.6. The Morgan fingerprint density at radius 1 is 1.00 bits per heavy atom. The minimum atomic E-state index is -1.21. The van der Waals surface area contributed by atoms with Gasteiger partial charge >= 0.3 is 5.97 Å². The van der Waals surface area contributed by atoms with Gasteiger partial charge in [0.2, 0.25) is 17.4 Å². The molecule has 0 saturated heterocycles. The van der Waals surface area contributed by atoms with Crippen molar-refractivity contribution in [3.63, 3.8) is 0 Å². The number of rotatable bonds is 11. The van der Waals surface area contributed by atoms with Gasteiger partial charge in [0, 0.05) is 31.6 Å². The van der Waals surface area contributed by atoms with Crippen LogP contribution in [0.3, 0.4) is 0 Å². The van der Waals surface area contributed by atoms with Crippen LogP contribution in [-0.4, -0.2) is 54.5 Å². The zero-order valence-corrected chi connectivity index (χ0v) is 27.5. The predicted molar refractivity (Wildman–Crippen MR) is 178 cm³/mol. The number of nitrogens with zero attached hydrogens (tertiary/aromatic N) is 4. The van der Waals surface area contributed by atoms with E-state index in [1.807, 2.05) is 54.4 Å². The summed E-state index contributed by atoms with van der Waals surface area (Å²) in [5, 5.41) is 9.61. The summed E-state index contributed by atoms with van der Waals surface area (Å²) in [5.41, 5.74) is 0.835. The Bertz CT molecular complexity index is 2000.